The van der Waals surface area contributed by atoms with E-state index in [0.29, 0.717) is 5.82 Å². The number of hydrogen-bond donors (Lipinski definition) is 2. The Morgan fingerprint density at radius 2 is 2.12 bits per heavy atom. The largest absolute Gasteiger partial charge is 0.496 e. The molecule has 0 atom stereocenters. The van der Waals surface area contributed by atoms with E-state index in [2.05, 4.69) is 16.3 Å². The van der Waals surface area contributed by atoms with Crippen LogP contribution >= 0.6 is 0 Å². The number of aryl methyl sites for hydroxylation is 2. The molecule has 16 heavy (non-hydrogen) atoms. The number of ether oxygens (including phenoxy) is 1. The highest BCUT2D eigenvalue weighted by Crippen LogP contribution is 2.19. The molecule has 2 rings (SSSR count). The zero-order valence-electron chi connectivity index (χ0n) is 9.23. The van der Waals surface area contributed by atoms with Crippen molar-refractivity contribution in [2.45, 2.75) is 12.8 Å². The predicted octanol–water partition coefficient (Wildman–Crippen LogP) is 1.79. The van der Waals surface area contributed by atoms with Gasteiger partial charge in [-0.05, 0) is 24.5 Å². The number of para-hydroxylation sites is 1. The van der Waals surface area contributed by atoms with Gasteiger partial charge in [-0.25, -0.2) is 0 Å². The second-order valence-corrected chi connectivity index (χ2v) is 3.63. The molecule has 84 valence electrons. The van der Waals surface area contributed by atoms with Gasteiger partial charge in [-0.2, -0.15) is 5.10 Å². The highest BCUT2D eigenvalue weighted by atomic mass is 16.5. The number of H-pyrrole nitrogens is 1. The normalized spacial score (nSPS) is 10.3. The molecule has 0 amide bonds. The number of benzene rings is 1. The molecule has 0 unspecified atom stereocenters. The van der Waals surface area contributed by atoms with Crippen molar-refractivity contribution >= 4 is 5.82 Å². The molecule has 0 bridgehead atoms. The lowest BCUT2D eigenvalue weighted by Gasteiger charge is -2.06. The minimum Gasteiger partial charge on any atom is -0.496 e. The van der Waals surface area contributed by atoms with Crippen molar-refractivity contribution in [2.75, 3.05) is 12.8 Å². The Balaban J connectivity index is 2.04. The molecule has 0 aliphatic heterocycles. The van der Waals surface area contributed by atoms with Gasteiger partial charge in [0.1, 0.15) is 11.6 Å². The maximum Gasteiger partial charge on any atom is 0.145 e. The summed E-state index contributed by atoms with van der Waals surface area (Å²) in [5.74, 6) is 1.46. The fourth-order valence-corrected chi connectivity index (χ4v) is 1.69. The zero-order chi connectivity index (χ0) is 11.4. The number of rotatable bonds is 4. The van der Waals surface area contributed by atoms with Crippen LogP contribution in [-0.4, -0.2) is 17.3 Å². The average molecular weight is 217 g/mol. The van der Waals surface area contributed by atoms with Crippen molar-refractivity contribution in [3.05, 3.63) is 41.6 Å². The van der Waals surface area contributed by atoms with E-state index in [4.69, 9.17) is 10.5 Å². The van der Waals surface area contributed by atoms with E-state index in [0.717, 1.165) is 24.3 Å². The van der Waals surface area contributed by atoms with Crippen molar-refractivity contribution in [1.82, 2.24) is 10.2 Å². The van der Waals surface area contributed by atoms with E-state index in [1.165, 1.54) is 5.56 Å². The molecule has 1 aromatic carbocycles. The lowest BCUT2D eigenvalue weighted by molar-refractivity contribution is 0.409. The molecule has 1 heterocycles. The third kappa shape index (κ3) is 2.34. The third-order valence-corrected chi connectivity index (χ3v) is 2.51. The molecule has 4 heteroatoms. The number of nitrogen functional groups attached to an aromatic ring is 1. The number of aromatic nitrogens is 2. The maximum atomic E-state index is 5.54. The summed E-state index contributed by atoms with van der Waals surface area (Å²) in [4.78, 5) is 0. The van der Waals surface area contributed by atoms with Crippen LogP contribution in [0.3, 0.4) is 0 Å². The molecule has 1 aromatic heterocycles. The van der Waals surface area contributed by atoms with Crippen LogP contribution in [0.15, 0.2) is 30.3 Å². The molecule has 0 spiro atoms. The minimum atomic E-state index is 0.537. The van der Waals surface area contributed by atoms with Crippen LogP contribution < -0.4 is 10.5 Å². The lowest BCUT2D eigenvalue weighted by Crippen LogP contribution is -1.95. The van der Waals surface area contributed by atoms with Gasteiger partial charge in [-0.15, -0.1) is 0 Å². The number of nitrogens with one attached hydrogen (secondary N) is 1. The quantitative estimate of drug-likeness (QED) is 0.820. The van der Waals surface area contributed by atoms with Crippen molar-refractivity contribution in [1.29, 1.82) is 0 Å². The first-order valence-corrected chi connectivity index (χ1v) is 5.21. The van der Waals surface area contributed by atoms with E-state index < -0.39 is 0 Å². The summed E-state index contributed by atoms with van der Waals surface area (Å²) in [6.45, 7) is 0. The van der Waals surface area contributed by atoms with Crippen LogP contribution in [0.25, 0.3) is 0 Å². The number of nitrogens with two attached hydrogens (primary N) is 1. The summed E-state index contributed by atoms with van der Waals surface area (Å²) in [6.07, 6.45) is 1.79. The number of hydrogen-bond acceptors (Lipinski definition) is 3. The fourth-order valence-electron chi connectivity index (χ4n) is 1.69. The molecule has 0 radical (unpaired) electrons. The first kappa shape index (κ1) is 10.5. The van der Waals surface area contributed by atoms with Gasteiger partial charge >= 0.3 is 0 Å². The summed E-state index contributed by atoms with van der Waals surface area (Å²) < 4.78 is 5.29. The Morgan fingerprint density at radius 3 is 2.81 bits per heavy atom. The van der Waals surface area contributed by atoms with Crippen LogP contribution in [0.1, 0.15) is 11.3 Å². The van der Waals surface area contributed by atoms with Gasteiger partial charge in [-0.1, -0.05) is 18.2 Å². The highest BCUT2D eigenvalue weighted by Gasteiger charge is 2.03. The van der Waals surface area contributed by atoms with Crippen molar-refractivity contribution < 1.29 is 4.74 Å². The van der Waals surface area contributed by atoms with Crippen molar-refractivity contribution in [2.24, 2.45) is 0 Å². The average Bonchev–Trinajstić information content (AvgIpc) is 2.73. The zero-order valence-corrected chi connectivity index (χ0v) is 9.23. The Morgan fingerprint density at radius 1 is 1.31 bits per heavy atom. The summed E-state index contributed by atoms with van der Waals surface area (Å²) in [6, 6.07) is 9.88. The summed E-state index contributed by atoms with van der Waals surface area (Å²) in [5.41, 5.74) is 7.77. The molecule has 2 aromatic rings. The van der Waals surface area contributed by atoms with E-state index in [9.17, 15) is 0 Å². The van der Waals surface area contributed by atoms with Crippen LogP contribution in [0, 0.1) is 0 Å². The summed E-state index contributed by atoms with van der Waals surface area (Å²) in [7, 11) is 1.69. The van der Waals surface area contributed by atoms with Crippen LogP contribution in [0.2, 0.25) is 0 Å². The van der Waals surface area contributed by atoms with E-state index >= 15 is 0 Å². The topological polar surface area (TPSA) is 63.9 Å². The molecule has 0 saturated heterocycles. The summed E-state index contributed by atoms with van der Waals surface area (Å²) in [5, 5.41) is 6.79. The van der Waals surface area contributed by atoms with E-state index in [-0.39, 0.29) is 0 Å². The fraction of sp³-hybridized carbons (Fsp3) is 0.250. The molecule has 0 fully saturated rings. The first-order valence-electron chi connectivity index (χ1n) is 5.21. The van der Waals surface area contributed by atoms with Crippen LogP contribution in [-0.2, 0) is 12.8 Å². The Kier molecular flexibility index (Phi) is 3.10. The van der Waals surface area contributed by atoms with Gasteiger partial charge in [0.25, 0.3) is 0 Å². The van der Waals surface area contributed by atoms with Gasteiger partial charge < -0.3 is 10.5 Å². The van der Waals surface area contributed by atoms with Gasteiger partial charge in [0.05, 0.1) is 7.11 Å². The Hall–Kier alpha value is -1.97. The molecular weight excluding hydrogens is 202 g/mol. The van der Waals surface area contributed by atoms with Crippen molar-refractivity contribution in [3.63, 3.8) is 0 Å². The lowest BCUT2D eigenvalue weighted by atomic mass is 10.1. The molecular formula is C12H15N3O. The predicted molar refractivity (Wildman–Crippen MR) is 63.4 cm³/mol. The van der Waals surface area contributed by atoms with Gasteiger partial charge in [0.2, 0.25) is 0 Å². The molecule has 0 aliphatic carbocycles. The van der Waals surface area contributed by atoms with Gasteiger partial charge in [-0.3, -0.25) is 5.10 Å². The smallest absolute Gasteiger partial charge is 0.145 e. The molecule has 0 aliphatic rings. The monoisotopic (exact) mass is 217 g/mol. The molecule has 0 saturated carbocycles. The Labute approximate surface area is 94.4 Å². The van der Waals surface area contributed by atoms with Gasteiger partial charge in [0, 0.05) is 11.8 Å². The van der Waals surface area contributed by atoms with E-state index in [1.54, 1.807) is 7.11 Å². The van der Waals surface area contributed by atoms with Gasteiger partial charge in [0.15, 0.2) is 0 Å². The number of anilines is 1. The number of aromatic amines is 1. The Bertz CT molecular complexity index is 465. The first-order chi connectivity index (χ1) is 7.79. The standard InChI is InChI=1S/C12H15N3O/c1-16-11-5-3-2-4-9(11)6-7-10-8-12(13)15-14-10/h2-5,8H,6-7H2,1H3,(H3,13,14,15). The number of methoxy groups -OCH3 is 1. The third-order valence-electron chi connectivity index (χ3n) is 2.51. The SMILES string of the molecule is COc1ccccc1CCc1cc(N)n[nH]1. The van der Waals surface area contributed by atoms with Crippen molar-refractivity contribution in [3.8, 4) is 5.75 Å². The second-order valence-electron chi connectivity index (χ2n) is 3.63. The second kappa shape index (κ2) is 4.70. The van der Waals surface area contributed by atoms with Crippen LogP contribution in [0.5, 0.6) is 5.75 Å². The maximum absolute atomic E-state index is 5.54. The van der Waals surface area contributed by atoms with Crippen LogP contribution in [0.4, 0.5) is 5.82 Å². The summed E-state index contributed by atoms with van der Waals surface area (Å²) >= 11 is 0. The number of nitrogens with zero attached hydrogens (tertiary/aromatic N) is 1. The molecule has 4 nitrogen and oxygen atoms in total. The molecule has 3 N–H and O–H groups in total. The minimum absolute atomic E-state index is 0.537. The van der Waals surface area contributed by atoms with E-state index in [1.807, 2.05) is 24.3 Å². The highest BCUT2D eigenvalue weighted by molar-refractivity contribution is 5.34.